The SMILES string of the molecule is CNCc1cc(Br)ccc1OCc1ccncc1. The van der Waals surface area contributed by atoms with Gasteiger partial charge in [-0.15, -0.1) is 0 Å². The van der Waals surface area contributed by atoms with Gasteiger partial charge in [0.25, 0.3) is 0 Å². The van der Waals surface area contributed by atoms with Crippen LogP contribution in [0.25, 0.3) is 0 Å². The van der Waals surface area contributed by atoms with Gasteiger partial charge in [-0.1, -0.05) is 15.9 Å². The molecular weight excluding hydrogens is 292 g/mol. The Kier molecular flexibility index (Phi) is 4.73. The van der Waals surface area contributed by atoms with Gasteiger partial charge in [-0.25, -0.2) is 0 Å². The lowest BCUT2D eigenvalue weighted by Crippen LogP contribution is -2.07. The smallest absolute Gasteiger partial charge is 0.124 e. The Labute approximate surface area is 115 Å². The average molecular weight is 307 g/mol. The molecule has 0 amide bonds. The number of halogens is 1. The second-order valence-electron chi connectivity index (χ2n) is 3.93. The van der Waals surface area contributed by atoms with Crippen molar-refractivity contribution in [3.63, 3.8) is 0 Å². The molecule has 0 atom stereocenters. The molecule has 1 N–H and O–H groups in total. The molecular formula is C14H15BrN2O. The molecule has 0 spiro atoms. The van der Waals surface area contributed by atoms with Gasteiger partial charge in [-0.05, 0) is 42.9 Å². The van der Waals surface area contributed by atoms with E-state index in [1.54, 1.807) is 12.4 Å². The Morgan fingerprint density at radius 3 is 2.72 bits per heavy atom. The van der Waals surface area contributed by atoms with Gasteiger partial charge < -0.3 is 10.1 Å². The van der Waals surface area contributed by atoms with E-state index in [0.717, 1.165) is 27.9 Å². The molecule has 0 radical (unpaired) electrons. The summed E-state index contributed by atoms with van der Waals surface area (Å²) in [5, 5.41) is 3.14. The summed E-state index contributed by atoms with van der Waals surface area (Å²) in [5.41, 5.74) is 2.25. The third-order valence-corrected chi connectivity index (χ3v) is 3.03. The van der Waals surface area contributed by atoms with Crippen LogP contribution in [-0.4, -0.2) is 12.0 Å². The van der Waals surface area contributed by atoms with E-state index >= 15 is 0 Å². The normalized spacial score (nSPS) is 10.3. The zero-order chi connectivity index (χ0) is 12.8. The molecule has 1 aromatic heterocycles. The molecule has 0 aliphatic carbocycles. The van der Waals surface area contributed by atoms with E-state index in [2.05, 4.69) is 32.3 Å². The first-order valence-corrected chi connectivity index (χ1v) is 6.53. The lowest BCUT2D eigenvalue weighted by atomic mass is 10.2. The molecule has 0 saturated heterocycles. The van der Waals surface area contributed by atoms with Gasteiger partial charge in [-0.2, -0.15) is 0 Å². The third-order valence-electron chi connectivity index (χ3n) is 2.53. The highest BCUT2D eigenvalue weighted by atomic mass is 79.9. The Balaban J connectivity index is 2.09. The van der Waals surface area contributed by atoms with Crippen molar-refractivity contribution in [2.75, 3.05) is 7.05 Å². The van der Waals surface area contributed by atoms with Gasteiger partial charge in [0.2, 0.25) is 0 Å². The van der Waals surface area contributed by atoms with Crippen LogP contribution in [0.5, 0.6) is 5.75 Å². The predicted octanol–water partition coefficient (Wildman–Crippen LogP) is 3.14. The van der Waals surface area contributed by atoms with Crippen LogP contribution in [0.15, 0.2) is 47.2 Å². The van der Waals surface area contributed by atoms with Gasteiger partial charge in [-0.3, -0.25) is 4.98 Å². The largest absolute Gasteiger partial charge is 0.489 e. The van der Waals surface area contributed by atoms with E-state index in [-0.39, 0.29) is 0 Å². The zero-order valence-corrected chi connectivity index (χ0v) is 11.8. The molecule has 0 bridgehead atoms. The highest BCUT2D eigenvalue weighted by Gasteiger charge is 2.04. The van der Waals surface area contributed by atoms with Crippen LogP contribution < -0.4 is 10.1 Å². The number of nitrogens with zero attached hydrogens (tertiary/aromatic N) is 1. The molecule has 0 aliphatic rings. The maximum atomic E-state index is 5.84. The summed E-state index contributed by atoms with van der Waals surface area (Å²) in [6.07, 6.45) is 3.55. The Bertz CT molecular complexity index is 502. The van der Waals surface area contributed by atoms with Crippen LogP contribution >= 0.6 is 15.9 Å². The number of ether oxygens (including phenoxy) is 1. The van der Waals surface area contributed by atoms with Crippen molar-refractivity contribution in [3.8, 4) is 5.75 Å². The van der Waals surface area contributed by atoms with Gasteiger partial charge in [0.15, 0.2) is 0 Å². The summed E-state index contributed by atoms with van der Waals surface area (Å²) in [6, 6.07) is 9.95. The van der Waals surface area contributed by atoms with Gasteiger partial charge >= 0.3 is 0 Å². The molecule has 3 nitrogen and oxygen atoms in total. The van der Waals surface area contributed by atoms with Crippen LogP contribution in [0, 0.1) is 0 Å². The number of pyridine rings is 1. The van der Waals surface area contributed by atoms with Crippen molar-refractivity contribution in [3.05, 3.63) is 58.3 Å². The number of benzene rings is 1. The van der Waals surface area contributed by atoms with Crippen LogP contribution in [0.3, 0.4) is 0 Å². The molecule has 1 heterocycles. The monoisotopic (exact) mass is 306 g/mol. The maximum absolute atomic E-state index is 5.84. The van der Waals surface area contributed by atoms with E-state index in [0.29, 0.717) is 6.61 Å². The Hall–Kier alpha value is -1.39. The van der Waals surface area contributed by atoms with Gasteiger partial charge in [0.05, 0.1) is 0 Å². The lowest BCUT2D eigenvalue weighted by Gasteiger charge is -2.11. The van der Waals surface area contributed by atoms with E-state index in [9.17, 15) is 0 Å². The molecule has 2 rings (SSSR count). The van der Waals surface area contributed by atoms with Crippen molar-refractivity contribution in [1.29, 1.82) is 0 Å². The summed E-state index contributed by atoms with van der Waals surface area (Å²) < 4.78 is 6.90. The van der Waals surface area contributed by atoms with Crippen LogP contribution in [0.4, 0.5) is 0 Å². The number of nitrogens with one attached hydrogen (secondary N) is 1. The molecule has 94 valence electrons. The summed E-state index contributed by atoms with van der Waals surface area (Å²) in [5.74, 6) is 0.907. The lowest BCUT2D eigenvalue weighted by molar-refractivity contribution is 0.302. The summed E-state index contributed by atoms with van der Waals surface area (Å²) >= 11 is 3.47. The quantitative estimate of drug-likeness (QED) is 0.921. The van der Waals surface area contributed by atoms with E-state index < -0.39 is 0 Å². The summed E-state index contributed by atoms with van der Waals surface area (Å²) in [7, 11) is 1.92. The molecule has 18 heavy (non-hydrogen) atoms. The molecule has 0 fully saturated rings. The van der Waals surface area contributed by atoms with E-state index in [4.69, 9.17) is 4.74 Å². The summed E-state index contributed by atoms with van der Waals surface area (Å²) in [6.45, 7) is 1.34. The van der Waals surface area contributed by atoms with Gasteiger partial charge in [0.1, 0.15) is 12.4 Å². The number of hydrogen-bond donors (Lipinski definition) is 1. The minimum Gasteiger partial charge on any atom is -0.489 e. The molecule has 2 aromatic rings. The fourth-order valence-corrected chi connectivity index (χ4v) is 2.07. The van der Waals surface area contributed by atoms with Crippen LogP contribution in [-0.2, 0) is 13.2 Å². The first-order chi connectivity index (χ1) is 8.79. The first-order valence-electron chi connectivity index (χ1n) is 5.74. The van der Waals surface area contributed by atoms with Crippen molar-refractivity contribution in [1.82, 2.24) is 10.3 Å². The fourth-order valence-electron chi connectivity index (χ4n) is 1.66. The van der Waals surface area contributed by atoms with Crippen LogP contribution in [0.2, 0.25) is 0 Å². The molecule has 4 heteroatoms. The zero-order valence-electron chi connectivity index (χ0n) is 10.2. The van der Waals surface area contributed by atoms with Gasteiger partial charge in [0, 0.05) is 29.0 Å². The van der Waals surface area contributed by atoms with Crippen LogP contribution in [0.1, 0.15) is 11.1 Å². The van der Waals surface area contributed by atoms with E-state index in [1.807, 2.05) is 31.3 Å². The molecule has 0 aliphatic heterocycles. The minimum absolute atomic E-state index is 0.556. The minimum atomic E-state index is 0.556. The Morgan fingerprint density at radius 1 is 1.22 bits per heavy atom. The van der Waals surface area contributed by atoms with Crippen molar-refractivity contribution >= 4 is 15.9 Å². The predicted molar refractivity (Wildman–Crippen MR) is 75.5 cm³/mol. The highest BCUT2D eigenvalue weighted by Crippen LogP contribution is 2.24. The molecule has 1 aromatic carbocycles. The van der Waals surface area contributed by atoms with Crippen molar-refractivity contribution < 1.29 is 4.74 Å². The average Bonchev–Trinajstić information content (AvgIpc) is 2.39. The van der Waals surface area contributed by atoms with Crippen molar-refractivity contribution in [2.24, 2.45) is 0 Å². The van der Waals surface area contributed by atoms with E-state index in [1.165, 1.54) is 0 Å². The topological polar surface area (TPSA) is 34.1 Å². The summed E-state index contributed by atoms with van der Waals surface area (Å²) in [4.78, 5) is 3.99. The maximum Gasteiger partial charge on any atom is 0.124 e. The number of aromatic nitrogens is 1. The number of rotatable bonds is 5. The second kappa shape index (κ2) is 6.52. The highest BCUT2D eigenvalue weighted by molar-refractivity contribution is 9.10. The van der Waals surface area contributed by atoms with Crippen molar-refractivity contribution in [2.45, 2.75) is 13.2 Å². The standard InChI is InChI=1S/C14H15BrN2O/c1-16-9-12-8-13(15)2-3-14(12)18-10-11-4-6-17-7-5-11/h2-8,16H,9-10H2,1H3. The first kappa shape index (κ1) is 13.1. The Morgan fingerprint density at radius 2 is 2.00 bits per heavy atom. The molecule has 0 unspecified atom stereocenters. The third kappa shape index (κ3) is 3.55. The second-order valence-corrected chi connectivity index (χ2v) is 4.84. The fraction of sp³-hybridized carbons (Fsp3) is 0.214. The number of hydrogen-bond acceptors (Lipinski definition) is 3. The molecule has 0 saturated carbocycles.